The fraction of sp³-hybridized carbons (Fsp3) is 0.333. The van der Waals surface area contributed by atoms with Gasteiger partial charge in [-0.25, -0.2) is 13.1 Å². The van der Waals surface area contributed by atoms with E-state index in [4.69, 9.17) is 34.8 Å². The number of hydrogen-bond donors (Lipinski definition) is 1. The van der Waals surface area contributed by atoms with E-state index >= 15 is 0 Å². The summed E-state index contributed by atoms with van der Waals surface area (Å²) in [6, 6.07) is 2.93. The Bertz CT molecular complexity index is 496. The van der Waals surface area contributed by atoms with Crippen molar-refractivity contribution in [2.75, 3.05) is 6.54 Å². The van der Waals surface area contributed by atoms with Crippen LogP contribution in [-0.4, -0.2) is 20.3 Å². The molecule has 1 N–H and O–H groups in total. The largest absolute Gasteiger partial charge is 0.243 e. The van der Waals surface area contributed by atoms with Crippen LogP contribution in [0.3, 0.4) is 0 Å². The van der Waals surface area contributed by atoms with Crippen molar-refractivity contribution in [3.63, 3.8) is 0 Å². The summed E-state index contributed by atoms with van der Waals surface area (Å²) < 4.78 is 26.8. The highest BCUT2D eigenvalue weighted by Crippen LogP contribution is 2.32. The van der Waals surface area contributed by atoms with Gasteiger partial charge in [0.05, 0.1) is 10.0 Å². The summed E-state index contributed by atoms with van der Waals surface area (Å²) in [5.41, 5.74) is 0. The standard InChI is InChI=1S/C9H9BrCl3NO2S/c1-5(11)4-14-17(15,16)9-7(12)2-6(10)3-8(9)13/h2-3,5,14H,4H2,1H3. The van der Waals surface area contributed by atoms with Gasteiger partial charge in [0.2, 0.25) is 10.0 Å². The van der Waals surface area contributed by atoms with Gasteiger partial charge >= 0.3 is 0 Å². The van der Waals surface area contributed by atoms with Gasteiger partial charge in [-0.2, -0.15) is 0 Å². The van der Waals surface area contributed by atoms with E-state index in [0.29, 0.717) is 4.47 Å². The van der Waals surface area contributed by atoms with E-state index in [2.05, 4.69) is 20.7 Å². The Kier molecular flexibility index (Phi) is 5.56. The molecular formula is C9H9BrCl3NO2S. The minimum Gasteiger partial charge on any atom is -0.210 e. The minimum atomic E-state index is -3.75. The van der Waals surface area contributed by atoms with Crippen LogP contribution in [0.1, 0.15) is 6.92 Å². The fourth-order valence-corrected chi connectivity index (χ4v) is 4.31. The third kappa shape index (κ3) is 4.26. The van der Waals surface area contributed by atoms with Gasteiger partial charge in [-0.05, 0) is 19.1 Å². The molecule has 1 rings (SSSR count). The van der Waals surface area contributed by atoms with Crippen molar-refractivity contribution in [2.45, 2.75) is 17.2 Å². The first-order valence-corrected chi connectivity index (χ1v) is 7.99. The van der Waals surface area contributed by atoms with Gasteiger partial charge in [-0.1, -0.05) is 39.1 Å². The summed E-state index contributed by atoms with van der Waals surface area (Å²) >= 11 is 20.6. The number of hydrogen-bond acceptors (Lipinski definition) is 2. The first-order valence-electron chi connectivity index (χ1n) is 4.52. The smallest absolute Gasteiger partial charge is 0.210 e. The van der Waals surface area contributed by atoms with Crippen LogP contribution in [0.15, 0.2) is 21.5 Å². The molecule has 96 valence electrons. The Morgan fingerprint density at radius 2 is 1.82 bits per heavy atom. The molecular weight excluding hydrogens is 372 g/mol. The summed E-state index contributed by atoms with van der Waals surface area (Å²) in [7, 11) is -3.75. The molecule has 0 aliphatic heterocycles. The van der Waals surface area contributed by atoms with E-state index < -0.39 is 10.0 Å². The Morgan fingerprint density at radius 3 is 2.24 bits per heavy atom. The number of rotatable bonds is 4. The van der Waals surface area contributed by atoms with Gasteiger partial charge in [-0.15, -0.1) is 11.6 Å². The van der Waals surface area contributed by atoms with Crippen molar-refractivity contribution in [3.05, 3.63) is 26.7 Å². The van der Waals surface area contributed by atoms with Crippen molar-refractivity contribution < 1.29 is 8.42 Å². The fourth-order valence-electron chi connectivity index (χ4n) is 1.08. The molecule has 0 amide bonds. The summed E-state index contributed by atoms with van der Waals surface area (Å²) in [6.45, 7) is 1.78. The highest BCUT2D eigenvalue weighted by atomic mass is 79.9. The lowest BCUT2D eigenvalue weighted by atomic mass is 10.4. The number of nitrogens with one attached hydrogen (secondary N) is 1. The Morgan fingerprint density at radius 1 is 1.35 bits per heavy atom. The SMILES string of the molecule is CC(Cl)CNS(=O)(=O)c1c(Cl)cc(Br)cc1Cl. The normalized spacial score (nSPS) is 13.7. The average Bonchev–Trinajstić information content (AvgIpc) is 2.12. The molecule has 1 aromatic carbocycles. The number of benzene rings is 1. The molecule has 0 saturated carbocycles. The molecule has 0 bridgehead atoms. The Hall–Kier alpha value is 0.480. The summed E-state index contributed by atoms with van der Waals surface area (Å²) in [5.74, 6) is 0. The van der Waals surface area contributed by atoms with E-state index in [1.807, 2.05) is 0 Å². The van der Waals surface area contributed by atoms with Crippen LogP contribution < -0.4 is 4.72 Å². The highest BCUT2D eigenvalue weighted by molar-refractivity contribution is 9.10. The molecule has 0 fully saturated rings. The van der Waals surface area contributed by atoms with Gasteiger partial charge in [0.1, 0.15) is 4.90 Å². The van der Waals surface area contributed by atoms with Crippen LogP contribution in [0.4, 0.5) is 0 Å². The predicted molar refractivity (Wildman–Crippen MR) is 74.7 cm³/mol. The maximum Gasteiger partial charge on any atom is 0.243 e. The lowest BCUT2D eigenvalue weighted by Crippen LogP contribution is -2.29. The zero-order valence-electron chi connectivity index (χ0n) is 8.68. The van der Waals surface area contributed by atoms with Crippen LogP contribution >= 0.6 is 50.7 Å². The minimum absolute atomic E-state index is 0.0547. The van der Waals surface area contributed by atoms with E-state index in [0.717, 1.165) is 0 Å². The third-order valence-electron chi connectivity index (χ3n) is 1.79. The quantitative estimate of drug-likeness (QED) is 0.809. The molecule has 3 nitrogen and oxygen atoms in total. The van der Waals surface area contributed by atoms with Crippen molar-refractivity contribution in [3.8, 4) is 0 Å². The number of alkyl halides is 1. The molecule has 1 aromatic rings. The molecule has 0 aliphatic rings. The van der Waals surface area contributed by atoms with Crippen LogP contribution in [0.25, 0.3) is 0 Å². The van der Waals surface area contributed by atoms with E-state index in [1.165, 1.54) is 12.1 Å². The topological polar surface area (TPSA) is 46.2 Å². The van der Waals surface area contributed by atoms with Crippen molar-refractivity contribution in [2.24, 2.45) is 0 Å². The molecule has 1 unspecified atom stereocenters. The van der Waals surface area contributed by atoms with Crippen molar-refractivity contribution in [1.82, 2.24) is 4.72 Å². The summed E-state index contributed by atoms with van der Waals surface area (Å²) in [6.07, 6.45) is 0. The molecule has 0 heterocycles. The van der Waals surface area contributed by atoms with Crippen LogP contribution in [-0.2, 0) is 10.0 Å². The van der Waals surface area contributed by atoms with Crippen LogP contribution in [0.2, 0.25) is 10.0 Å². The van der Waals surface area contributed by atoms with Gasteiger partial charge in [-0.3, -0.25) is 0 Å². The third-order valence-corrected chi connectivity index (χ3v) is 4.74. The molecule has 8 heteroatoms. The molecule has 0 aliphatic carbocycles. The molecule has 17 heavy (non-hydrogen) atoms. The van der Waals surface area contributed by atoms with E-state index in [1.54, 1.807) is 6.92 Å². The second-order valence-electron chi connectivity index (χ2n) is 3.33. The van der Waals surface area contributed by atoms with Crippen LogP contribution in [0, 0.1) is 0 Å². The first kappa shape index (κ1) is 15.5. The lowest BCUT2D eigenvalue weighted by molar-refractivity contribution is 0.581. The van der Waals surface area contributed by atoms with Crippen molar-refractivity contribution in [1.29, 1.82) is 0 Å². The maximum atomic E-state index is 11.9. The first-order chi connectivity index (χ1) is 7.74. The monoisotopic (exact) mass is 379 g/mol. The lowest BCUT2D eigenvalue weighted by Gasteiger charge is -2.11. The van der Waals surface area contributed by atoms with E-state index in [9.17, 15) is 8.42 Å². The molecule has 0 aromatic heterocycles. The van der Waals surface area contributed by atoms with Gasteiger partial charge in [0, 0.05) is 16.4 Å². The molecule has 0 radical (unpaired) electrons. The number of sulfonamides is 1. The van der Waals surface area contributed by atoms with Gasteiger partial charge in [0.25, 0.3) is 0 Å². The number of halogens is 4. The second-order valence-corrected chi connectivity index (χ2v) is 7.51. The maximum absolute atomic E-state index is 11.9. The zero-order chi connectivity index (χ0) is 13.2. The molecule has 0 saturated heterocycles. The molecule has 0 spiro atoms. The predicted octanol–water partition coefficient (Wildman–Crippen LogP) is 3.66. The zero-order valence-corrected chi connectivity index (χ0v) is 13.3. The summed E-state index contributed by atoms with van der Waals surface area (Å²) in [4.78, 5) is -0.138. The van der Waals surface area contributed by atoms with Crippen molar-refractivity contribution >= 4 is 60.8 Å². The molecule has 1 atom stereocenters. The van der Waals surface area contributed by atoms with Gasteiger partial charge < -0.3 is 0 Å². The second kappa shape index (κ2) is 6.08. The van der Waals surface area contributed by atoms with Gasteiger partial charge in [0.15, 0.2) is 0 Å². The van der Waals surface area contributed by atoms with E-state index in [-0.39, 0.29) is 26.9 Å². The van der Waals surface area contributed by atoms with Crippen LogP contribution in [0.5, 0.6) is 0 Å². The average molecular weight is 382 g/mol. The Labute approximate surface area is 124 Å². The Balaban J connectivity index is 3.16. The highest BCUT2D eigenvalue weighted by Gasteiger charge is 2.22. The summed E-state index contributed by atoms with van der Waals surface area (Å²) in [5, 5.41) is -0.212.